The Morgan fingerprint density at radius 2 is 1.85 bits per heavy atom. The molecule has 1 saturated carbocycles. The molecule has 2 heteroatoms. The lowest BCUT2D eigenvalue weighted by Crippen LogP contribution is -2.13. The van der Waals surface area contributed by atoms with Gasteiger partial charge in [-0.3, -0.25) is 4.79 Å². The third-order valence-corrected chi connectivity index (χ3v) is 4.28. The molecule has 1 fully saturated rings. The average molecular weight is 266 g/mol. The highest BCUT2D eigenvalue weighted by Crippen LogP contribution is 2.51. The molecule has 3 rings (SSSR count). The minimum atomic E-state index is -0.704. The van der Waals surface area contributed by atoms with Crippen molar-refractivity contribution in [1.82, 2.24) is 0 Å². The topological polar surface area (TPSA) is 37.3 Å². The van der Waals surface area contributed by atoms with Gasteiger partial charge in [0.2, 0.25) is 0 Å². The summed E-state index contributed by atoms with van der Waals surface area (Å²) in [6.45, 7) is 2.10. The van der Waals surface area contributed by atoms with E-state index >= 15 is 0 Å². The first-order valence-electron chi connectivity index (χ1n) is 6.99. The lowest BCUT2D eigenvalue weighted by molar-refractivity contribution is -0.137. The van der Waals surface area contributed by atoms with E-state index in [9.17, 15) is 4.79 Å². The highest BCUT2D eigenvalue weighted by atomic mass is 16.4. The Labute approximate surface area is 119 Å². The Morgan fingerprint density at radius 1 is 1.15 bits per heavy atom. The van der Waals surface area contributed by atoms with Crippen molar-refractivity contribution in [2.24, 2.45) is 0 Å². The van der Waals surface area contributed by atoms with E-state index < -0.39 is 5.97 Å². The van der Waals surface area contributed by atoms with E-state index in [2.05, 4.69) is 37.3 Å². The lowest BCUT2D eigenvalue weighted by Gasteiger charge is -2.16. The van der Waals surface area contributed by atoms with E-state index in [0.29, 0.717) is 0 Å². The zero-order chi connectivity index (χ0) is 14.2. The maximum Gasteiger partial charge on any atom is 0.304 e. The van der Waals surface area contributed by atoms with Crippen LogP contribution >= 0.6 is 0 Å². The van der Waals surface area contributed by atoms with Gasteiger partial charge in [0.1, 0.15) is 0 Å². The predicted molar refractivity (Wildman–Crippen MR) is 79.8 cm³/mol. The Bertz CT molecular complexity index is 640. The zero-order valence-corrected chi connectivity index (χ0v) is 11.6. The van der Waals surface area contributed by atoms with Crippen LogP contribution in [-0.2, 0) is 10.2 Å². The number of carboxylic acid groups (broad SMARTS) is 1. The van der Waals surface area contributed by atoms with Crippen molar-refractivity contribution >= 4 is 5.97 Å². The number of hydrogen-bond donors (Lipinski definition) is 1. The van der Waals surface area contributed by atoms with Gasteiger partial charge in [0.05, 0.1) is 6.42 Å². The molecule has 0 heterocycles. The van der Waals surface area contributed by atoms with Gasteiger partial charge in [-0.2, -0.15) is 0 Å². The minimum Gasteiger partial charge on any atom is -0.481 e. The molecular weight excluding hydrogens is 248 g/mol. The van der Waals surface area contributed by atoms with E-state index in [0.717, 1.165) is 12.8 Å². The summed E-state index contributed by atoms with van der Waals surface area (Å²) < 4.78 is 0. The Hall–Kier alpha value is -2.09. The standard InChI is InChI=1S/C18H18O2/c1-13-7-8-15(18(9-10-18)12-17(19)20)11-16(13)14-5-3-2-4-6-14/h2-8,11H,9-10,12H2,1H3,(H,19,20). The molecule has 2 aromatic carbocycles. The van der Waals surface area contributed by atoms with Crippen molar-refractivity contribution in [2.45, 2.75) is 31.6 Å². The molecule has 0 unspecified atom stereocenters. The van der Waals surface area contributed by atoms with E-state index in [-0.39, 0.29) is 11.8 Å². The van der Waals surface area contributed by atoms with Gasteiger partial charge in [-0.15, -0.1) is 0 Å². The summed E-state index contributed by atoms with van der Waals surface area (Å²) in [5, 5.41) is 9.09. The summed E-state index contributed by atoms with van der Waals surface area (Å²) in [5.74, 6) is -0.704. The smallest absolute Gasteiger partial charge is 0.304 e. The summed E-state index contributed by atoms with van der Waals surface area (Å²) in [6, 6.07) is 16.7. The van der Waals surface area contributed by atoms with Gasteiger partial charge in [0, 0.05) is 5.41 Å². The second-order valence-corrected chi connectivity index (χ2v) is 5.75. The molecule has 2 nitrogen and oxygen atoms in total. The quantitative estimate of drug-likeness (QED) is 0.901. The van der Waals surface area contributed by atoms with Crippen LogP contribution in [0.5, 0.6) is 0 Å². The monoisotopic (exact) mass is 266 g/mol. The SMILES string of the molecule is Cc1ccc(C2(CC(=O)O)CC2)cc1-c1ccccc1. The van der Waals surface area contributed by atoms with Gasteiger partial charge in [0.15, 0.2) is 0 Å². The van der Waals surface area contributed by atoms with Crippen LogP contribution in [0.25, 0.3) is 11.1 Å². The Kier molecular flexibility index (Phi) is 3.09. The molecule has 2 aromatic rings. The molecule has 0 amide bonds. The number of aryl methyl sites for hydroxylation is 1. The van der Waals surface area contributed by atoms with E-state index in [1.807, 2.05) is 18.2 Å². The van der Waals surface area contributed by atoms with Crippen LogP contribution in [0, 0.1) is 6.92 Å². The summed E-state index contributed by atoms with van der Waals surface area (Å²) in [5.41, 5.74) is 4.68. The van der Waals surface area contributed by atoms with Crippen molar-refractivity contribution in [3.8, 4) is 11.1 Å². The Morgan fingerprint density at radius 3 is 2.45 bits per heavy atom. The highest BCUT2D eigenvalue weighted by Gasteiger charge is 2.46. The third kappa shape index (κ3) is 2.34. The number of benzene rings is 2. The van der Waals surface area contributed by atoms with Crippen LogP contribution in [0.4, 0.5) is 0 Å². The normalized spacial score (nSPS) is 15.8. The van der Waals surface area contributed by atoms with Gasteiger partial charge in [0.25, 0.3) is 0 Å². The van der Waals surface area contributed by atoms with Gasteiger partial charge >= 0.3 is 5.97 Å². The largest absolute Gasteiger partial charge is 0.481 e. The fourth-order valence-corrected chi connectivity index (χ4v) is 2.89. The number of carboxylic acids is 1. The number of aliphatic carboxylic acids is 1. The molecule has 0 aliphatic heterocycles. The average Bonchev–Trinajstić information content (AvgIpc) is 3.20. The van der Waals surface area contributed by atoms with Crippen molar-refractivity contribution in [3.05, 3.63) is 59.7 Å². The van der Waals surface area contributed by atoms with E-state index in [1.54, 1.807) is 0 Å². The second kappa shape index (κ2) is 4.78. The summed E-state index contributed by atoms with van der Waals surface area (Å²) >= 11 is 0. The van der Waals surface area contributed by atoms with Crippen molar-refractivity contribution in [3.63, 3.8) is 0 Å². The predicted octanol–water partition coefficient (Wildman–Crippen LogP) is 4.17. The molecule has 1 aliphatic rings. The maximum atomic E-state index is 11.1. The van der Waals surface area contributed by atoms with E-state index in [1.165, 1.54) is 22.3 Å². The molecule has 0 radical (unpaired) electrons. The first-order chi connectivity index (χ1) is 9.61. The number of rotatable bonds is 4. The molecule has 0 spiro atoms. The molecule has 1 aliphatic carbocycles. The van der Waals surface area contributed by atoms with Crippen LogP contribution in [0.2, 0.25) is 0 Å². The van der Waals surface area contributed by atoms with Crippen molar-refractivity contribution in [1.29, 1.82) is 0 Å². The molecule has 0 aromatic heterocycles. The minimum absolute atomic E-state index is 0.122. The molecule has 102 valence electrons. The molecule has 20 heavy (non-hydrogen) atoms. The summed E-state index contributed by atoms with van der Waals surface area (Å²) in [6.07, 6.45) is 2.21. The molecular formula is C18H18O2. The van der Waals surface area contributed by atoms with Gasteiger partial charge in [-0.25, -0.2) is 0 Å². The fraction of sp³-hybridized carbons (Fsp3) is 0.278. The highest BCUT2D eigenvalue weighted by molar-refractivity contribution is 5.72. The summed E-state index contributed by atoms with van der Waals surface area (Å²) in [4.78, 5) is 11.1. The molecule has 0 atom stereocenters. The van der Waals surface area contributed by atoms with Gasteiger partial charge in [-0.1, -0.05) is 48.5 Å². The first-order valence-corrected chi connectivity index (χ1v) is 6.99. The first kappa shape index (κ1) is 12.9. The van der Waals surface area contributed by atoms with Crippen LogP contribution in [0.3, 0.4) is 0 Å². The fourth-order valence-electron chi connectivity index (χ4n) is 2.89. The second-order valence-electron chi connectivity index (χ2n) is 5.75. The van der Waals surface area contributed by atoms with Crippen LogP contribution in [0.1, 0.15) is 30.4 Å². The summed E-state index contributed by atoms with van der Waals surface area (Å²) in [7, 11) is 0. The zero-order valence-electron chi connectivity index (χ0n) is 11.6. The molecule has 1 N–H and O–H groups in total. The molecule has 0 saturated heterocycles. The third-order valence-electron chi connectivity index (χ3n) is 4.28. The number of hydrogen-bond acceptors (Lipinski definition) is 1. The van der Waals surface area contributed by atoms with E-state index in [4.69, 9.17) is 5.11 Å². The molecule has 0 bridgehead atoms. The number of carbonyl (C=O) groups is 1. The van der Waals surface area contributed by atoms with Crippen LogP contribution in [-0.4, -0.2) is 11.1 Å². The van der Waals surface area contributed by atoms with Crippen LogP contribution in [0.15, 0.2) is 48.5 Å². The van der Waals surface area contributed by atoms with Crippen LogP contribution < -0.4 is 0 Å². The Balaban J connectivity index is 2.02. The maximum absolute atomic E-state index is 11.1. The van der Waals surface area contributed by atoms with Crippen molar-refractivity contribution < 1.29 is 9.90 Å². The lowest BCUT2D eigenvalue weighted by atomic mass is 9.88. The van der Waals surface area contributed by atoms with Gasteiger partial charge < -0.3 is 5.11 Å². The van der Waals surface area contributed by atoms with Gasteiger partial charge in [-0.05, 0) is 42.0 Å². The van der Waals surface area contributed by atoms with Crippen molar-refractivity contribution in [2.75, 3.05) is 0 Å².